The van der Waals surface area contributed by atoms with Crippen LogP contribution in [0.25, 0.3) is 0 Å². The predicted octanol–water partition coefficient (Wildman–Crippen LogP) is 2.02. The molecule has 1 aromatic rings. The number of nitrogens with one attached hydrogen (secondary N) is 2. The lowest BCUT2D eigenvalue weighted by Gasteiger charge is -2.33. The summed E-state index contributed by atoms with van der Waals surface area (Å²) in [6, 6.07) is 6.24. The van der Waals surface area contributed by atoms with Gasteiger partial charge in [0, 0.05) is 11.6 Å². The third kappa shape index (κ3) is 3.79. The number of carbonyl (C=O) groups is 3. The Morgan fingerprint density at radius 3 is 2.76 bits per heavy atom. The normalized spacial score (nSPS) is 22.1. The van der Waals surface area contributed by atoms with E-state index in [-0.39, 0.29) is 25.1 Å². The molecule has 0 radical (unpaired) electrons. The molecular formula is C21H25N3O5. The molecule has 2 N–H and O–H groups in total. The van der Waals surface area contributed by atoms with Crippen LogP contribution >= 0.6 is 0 Å². The predicted molar refractivity (Wildman–Crippen MR) is 104 cm³/mol. The van der Waals surface area contributed by atoms with Gasteiger partial charge in [-0.2, -0.15) is 0 Å². The molecule has 0 unspecified atom stereocenters. The first kappa shape index (κ1) is 19.3. The maximum absolute atomic E-state index is 12.8. The van der Waals surface area contributed by atoms with Crippen molar-refractivity contribution >= 4 is 17.9 Å². The fraction of sp³-hybridized carbons (Fsp3) is 0.476. The molecule has 154 valence electrons. The number of para-hydroxylation sites is 1. The fourth-order valence-electron chi connectivity index (χ4n) is 4.28. The minimum Gasteiger partial charge on any atom is -0.496 e. The molecule has 3 amide bonds. The molecule has 1 aliphatic carbocycles. The highest BCUT2D eigenvalue weighted by Crippen LogP contribution is 2.38. The Hall–Kier alpha value is -3.03. The van der Waals surface area contributed by atoms with Crippen LogP contribution in [-0.2, 0) is 14.3 Å². The monoisotopic (exact) mass is 399 g/mol. The van der Waals surface area contributed by atoms with Crippen molar-refractivity contribution in [3.05, 3.63) is 41.1 Å². The SMILES string of the molecule is COc1ccccc1[C@H]1NC(=O)N(CC(=O)NC2CCCCC2)C2=C1C(=O)OC2. The number of benzene rings is 1. The number of carbonyl (C=O) groups excluding carboxylic acids is 3. The number of hydrogen-bond acceptors (Lipinski definition) is 5. The van der Waals surface area contributed by atoms with Crippen molar-refractivity contribution in [2.45, 2.75) is 44.2 Å². The molecule has 1 aromatic carbocycles. The van der Waals surface area contributed by atoms with Crippen molar-refractivity contribution in [2.75, 3.05) is 20.3 Å². The highest BCUT2D eigenvalue weighted by atomic mass is 16.5. The Kier molecular flexibility index (Phi) is 5.42. The number of ether oxygens (including phenoxy) is 2. The number of methoxy groups -OCH3 is 1. The van der Waals surface area contributed by atoms with E-state index in [0.29, 0.717) is 22.6 Å². The third-order valence-corrected chi connectivity index (χ3v) is 5.72. The topological polar surface area (TPSA) is 97.0 Å². The lowest BCUT2D eigenvalue weighted by Crippen LogP contribution is -2.51. The standard InChI is InChI=1S/C21H25N3O5/c1-28-16-10-6-5-9-14(16)19-18-15(12-29-20(18)26)24(21(27)23-19)11-17(25)22-13-7-3-2-4-8-13/h5-6,9-10,13,19H,2-4,7-8,11-12H2,1H3,(H,22,25)(H,23,27)/t19-/m1/s1. The molecule has 0 aromatic heterocycles. The Morgan fingerprint density at radius 2 is 2.00 bits per heavy atom. The van der Waals surface area contributed by atoms with Crippen LogP contribution in [0.5, 0.6) is 5.75 Å². The molecule has 0 spiro atoms. The minimum absolute atomic E-state index is 0.0239. The van der Waals surface area contributed by atoms with Gasteiger partial charge in [-0.05, 0) is 18.9 Å². The highest BCUT2D eigenvalue weighted by Gasteiger charge is 2.43. The summed E-state index contributed by atoms with van der Waals surface area (Å²) in [5, 5.41) is 5.85. The average Bonchev–Trinajstić information content (AvgIpc) is 3.12. The molecule has 2 aliphatic heterocycles. The second kappa shape index (κ2) is 8.14. The smallest absolute Gasteiger partial charge is 0.338 e. The molecular weight excluding hydrogens is 374 g/mol. The van der Waals surface area contributed by atoms with Gasteiger partial charge in [0.15, 0.2) is 0 Å². The number of nitrogens with zero attached hydrogens (tertiary/aromatic N) is 1. The quantitative estimate of drug-likeness (QED) is 0.739. The zero-order valence-corrected chi connectivity index (χ0v) is 16.4. The minimum atomic E-state index is -0.679. The first-order valence-electron chi connectivity index (χ1n) is 9.99. The average molecular weight is 399 g/mol. The van der Waals surface area contributed by atoms with Crippen molar-refractivity contribution in [1.29, 1.82) is 0 Å². The summed E-state index contributed by atoms with van der Waals surface area (Å²) in [5.74, 6) is -0.157. The van der Waals surface area contributed by atoms with Crippen LogP contribution in [0.4, 0.5) is 4.79 Å². The Morgan fingerprint density at radius 1 is 1.24 bits per heavy atom. The first-order valence-corrected chi connectivity index (χ1v) is 9.99. The van der Waals surface area contributed by atoms with Crippen LogP contribution in [0.15, 0.2) is 35.5 Å². The number of esters is 1. The molecule has 3 aliphatic rings. The summed E-state index contributed by atoms with van der Waals surface area (Å²) in [7, 11) is 1.54. The van der Waals surface area contributed by atoms with E-state index in [1.54, 1.807) is 12.1 Å². The van der Waals surface area contributed by atoms with Crippen molar-refractivity contribution in [3.8, 4) is 5.75 Å². The number of amides is 3. The molecule has 1 atom stereocenters. The van der Waals surface area contributed by atoms with E-state index in [1.165, 1.54) is 18.4 Å². The van der Waals surface area contributed by atoms with Crippen LogP contribution < -0.4 is 15.4 Å². The third-order valence-electron chi connectivity index (χ3n) is 5.72. The highest BCUT2D eigenvalue weighted by molar-refractivity contribution is 5.98. The van der Waals surface area contributed by atoms with Gasteiger partial charge in [-0.1, -0.05) is 37.5 Å². The molecule has 1 fully saturated rings. The molecule has 29 heavy (non-hydrogen) atoms. The maximum Gasteiger partial charge on any atom is 0.338 e. The molecule has 8 nitrogen and oxygen atoms in total. The summed E-state index contributed by atoms with van der Waals surface area (Å²) in [4.78, 5) is 39.2. The van der Waals surface area contributed by atoms with E-state index in [2.05, 4.69) is 10.6 Å². The summed E-state index contributed by atoms with van der Waals surface area (Å²) in [6.07, 6.45) is 5.33. The van der Waals surface area contributed by atoms with E-state index in [4.69, 9.17) is 9.47 Å². The molecule has 4 rings (SSSR count). The zero-order valence-electron chi connectivity index (χ0n) is 16.4. The van der Waals surface area contributed by atoms with Crippen LogP contribution in [0.3, 0.4) is 0 Å². The second-order valence-corrected chi connectivity index (χ2v) is 7.55. The maximum atomic E-state index is 12.8. The van der Waals surface area contributed by atoms with Gasteiger partial charge >= 0.3 is 12.0 Å². The lowest BCUT2D eigenvalue weighted by molar-refractivity contribution is -0.136. The van der Waals surface area contributed by atoms with Gasteiger partial charge in [0.05, 0.1) is 24.4 Å². The van der Waals surface area contributed by atoms with Crippen LogP contribution in [0.1, 0.15) is 43.7 Å². The van der Waals surface area contributed by atoms with Crippen LogP contribution in [0.2, 0.25) is 0 Å². The van der Waals surface area contributed by atoms with Crippen LogP contribution in [-0.4, -0.2) is 49.1 Å². The number of urea groups is 1. The van der Waals surface area contributed by atoms with Gasteiger partial charge in [-0.25, -0.2) is 9.59 Å². The zero-order chi connectivity index (χ0) is 20.4. The van der Waals surface area contributed by atoms with E-state index in [1.807, 2.05) is 12.1 Å². The Bertz CT molecular complexity index is 860. The van der Waals surface area contributed by atoms with Crippen molar-refractivity contribution in [1.82, 2.24) is 15.5 Å². The molecule has 0 saturated heterocycles. The largest absolute Gasteiger partial charge is 0.496 e. The molecule has 8 heteroatoms. The van der Waals surface area contributed by atoms with E-state index < -0.39 is 18.0 Å². The van der Waals surface area contributed by atoms with Crippen molar-refractivity contribution < 1.29 is 23.9 Å². The van der Waals surface area contributed by atoms with Gasteiger partial charge in [0.2, 0.25) is 5.91 Å². The Labute approximate surface area is 169 Å². The molecule has 1 saturated carbocycles. The number of hydrogen-bond donors (Lipinski definition) is 2. The summed E-state index contributed by atoms with van der Waals surface area (Å²) < 4.78 is 10.6. The molecule has 0 bridgehead atoms. The van der Waals surface area contributed by atoms with Crippen LogP contribution in [0, 0.1) is 0 Å². The second-order valence-electron chi connectivity index (χ2n) is 7.55. The lowest BCUT2D eigenvalue weighted by atomic mass is 9.94. The van der Waals surface area contributed by atoms with Crippen molar-refractivity contribution in [2.24, 2.45) is 0 Å². The van der Waals surface area contributed by atoms with E-state index in [9.17, 15) is 14.4 Å². The Balaban J connectivity index is 1.58. The fourth-order valence-corrected chi connectivity index (χ4v) is 4.28. The summed E-state index contributed by atoms with van der Waals surface area (Å²) >= 11 is 0. The summed E-state index contributed by atoms with van der Waals surface area (Å²) in [5.41, 5.74) is 1.45. The van der Waals surface area contributed by atoms with Gasteiger partial charge in [0.1, 0.15) is 18.9 Å². The van der Waals surface area contributed by atoms with E-state index in [0.717, 1.165) is 25.7 Å². The number of cyclic esters (lactones) is 1. The van der Waals surface area contributed by atoms with Gasteiger partial charge in [0.25, 0.3) is 0 Å². The summed E-state index contributed by atoms with van der Waals surface area (Å²) in [6.45, 7) is -0.166. The van der Waals surface area contributed by atoms with Gasteiger partial charge in [-0.15, -0.1) is 0 Å². The first-order chi connectivity index (χ1) is 14.1. The van der Waals surface area contributed by atoms with Crippen molar-refractivity contribution in [3.63, 3.8) is 0 Å². The molecule has 2 heterocycles. The number of rotatable bonds is 5. The van der Waals surface area contributed by atoms with Gasteiger partial charge < -0.3 is 20.1 Å². The van der Waals surface area contributed by atoms with E-state index >= 15 is 0 Å². The van der Waals surface area contributed by atoms with Gasteiger partial charge in [-0.3, -0.25) is 9.69 Å².